The van der Waals surface area contributed by atoms with Gasteiger partial charge in [0.15, 0.2) is 0 Å². The molecule has 0 fully saturated rings. The van der Waals surface area contributed by atoms with Gasteiger partial charge in [0.05, 0.1) is 6.20 Å². The van der Waals surface area contributed by atoms with Crippen LogP contribution >= 0.6 is 0 Å². The Morgan fingerprint density at radius 2 is 1.67 bits per heavy atom. The molecule has 0 aliphatic heterocycles. The van der Waals surface area contributed by atoms with E-state index in [1.807, 2.05) is 6.20 Å². The van der Waals surface area contributed by atoms with Crippen LogP contribution in [0.2, 0.25) is 0 Å². The molecular formula is C13H24N2. The van der Waals surface area contributed by atoms with Gasteiger partial charge < -0.3 is 0 Å². The van der Waals surface area contributed by atoms with E-state index in [4.69, 9.17) is 0 Å². The van der Waals surface area contributed by atoms with E-state index in [0.29, 0.717) is 10.8 Å². The minimum atomic E-state index is 0.297. The first-order valence-electron chi connectivity index (χ1n) is 5.67. The molecule has 0 aromatic carbocycles. The lowest BCUT2D eigenvalue weighted by Crippen LogP contribution is -2.15. The summed E-state index contributed by atoms with van der Waals surface area (Å²) in [5.74, 6) is 0. The average molecular weight is 208 g/mol. The Labute approximate surface area is 93.7 Å². The fraction of sp³-hybridized carbons (Fsp3) is 0.769. The zero-order chi connectivity index (χ0) is 11.7. The summed E-state index contributed by atoms with van der Waals surface area (Å²) in [6.07, 6.45) is 5.27. The maximum Gasteiger partial charge on any atom is 0.0521 e. The highest BCUT2D eigenvalue weighted by atomic mass is 15.3. The highest BCUT2D eigenvalue weighted by molar-refractivity contribution is 5.06. The van der Waals surface area contributed by atoms with E-state index in [2.05, 4.69) is 57.5 Å². The number of hydrogen-bond donors (Lipinski definition) is 0. The van der Waals surface area contributed by atoms with E-state index >= 15 is 0 Å². The molecule has 0 saturated heterocycles. The minimum Gasteiger partial charge on any atom is -0.272 e. The number of hydrogen-bond acceptors (Lipinski definition) is 1. The summed E-state index contributed by atoms with van der Waals surface area (Å²) in [7, 11) is 0. The average Bonchev–Trinajstić information content (AvgIpc) is 2.28. The predicted molar refractivity (Wildman–Crippen MR) is 64.8 cm³/mol. The van der Waals surface area contributed by atoms with Gasteiger partial charge in [-0.25, -0.2) is 0 Å². The normalized spacial score (nSPS) is 13.2. The Morgan fingerprint density at radius 1 is 1.07 bits per heavy atom. The van der Waals surface area contributed by atoms with E-state index in [0.717, 1.165) is 13.0 Å². The van der Waals surface area contributed by atoms with Gasteiger partial charge in [-0.15, -0.1) is 0 Å². The zero-order valence-electron chi connectivity index (χ0n) is 11.0. The molecule has 0 aliphatic carbocycles. The maximum absolute atomic E-state index is 4.40. The second kappa shape index (κ2) is 3.99. The van der Waals surface area contributed by atoms with Crippen LogP contribution in [0.1, 0.15) is 47.1 Å². The first-order chi connectivity index (χ1) is 6.66. The fourth-order valence-corrected chi connectivity index (χ4v) is 1.68. The molecule has 0 amide bonds. The van der Waals surface area contributed by atoms with Gasteiger partial charge in [0.2, 0.25) is 0 Å². The zero-order valence-corrected chi connectivity index (χ0v) is 11.0. The third kappa shape index (κ3) is 5.01. The van der Waals surface area contributed by atoms with E-state index in [1.165, 1.54) is 5.56 Å². The highest BCUT2D eigenvalue weighted by Crippen LogP contribution is 2.21. The number of rotatable bonds is 2. The Kier molecular flexibility index (Phi) is 3.27. The van der Waals surface area contributed by atoms with Crippen LogP contribution in [0.15, 0.2) is 12.4 Å². The minimum absolute atomic E-state index is 0.297. The molecule has 0 spiro atoms. The second-order valence-electron chi connectivity index (χ2n) is 6.84. The summed E-state index contributed by atoms with van der Waals surface area (Å²) in [6.45, 7) is 14.5. The van der Waals surface area contributed by atoms with Crippen LogP contribution in [-0.4, -0.2) is 9.78 Å². The van der Waals surface area contributed by atoms with Gasteiger partial charge in [-0.3, -0.25) is 4.68 Å². The van der Waals surface area contributed by atoms with Crippen molar-refractivity contribution >= 4 is 0 Å². The Bertz CT molecular complexity index is 280. The molecule has 15 heavy (non-hydrogen) atoms. The molecule has 1 rings (SSSR count). The van der Waals surface area contributed by atoms with Gasteiger partial charge in [0.1, 0.15) is 0 Å². The molecule has 2 nitrogen and oxygen atoms in total. The Morgan fingerprint density at radius 3 is 2.13 bits per heavy atom. The smallest absolute Gasteiger partial charge is 0.0521 e. The molecule has 2 heteroatoms. The first-order valence-corrected chi connectivity index (χ1v) is 5.67. The molecule has 0 unspecified atom stereocenters. The van der Waals surface area contributed by atoms with Crippen LogP contribution in [0, 0.1) is 10.8 Å². The van der Waals surface area contributed by atoms with E-state index in [9.17, 15) is 0 Å². The monoisotopic (exact) mass is 208 g/mol. The van der Waals surface area contributed by atoms with Crippen molar-refractivity contribution in [1.82, 2.24) is 9.78 Å². The van der Waals surface area contributed by atoms with E-state index in [1.54, 1.807) is 0 Å². The van der Waals surface area contributed by atoms with Crippen molar-refractivity contribution in [2.24, 2.45) is 10.8 Å². The SMILES string of the molecule is CC(C)(C)Cc1cnn(CC(C)(C)C)c1. The Balaban J connectivity index is 2.65. The quantitative estimate of drug-likeness (QED) is 0.727. The topological polar surface area (TPSA) is 17.8 Å². The van der Waals surface area contributed by atoms with Crippen molar-refractivity contribution in [2.45, 2.75) is 54.5 Å². The summed E-state index contributed by atoms with van der Waals surface area (Å²) in [5, 5.41) is 4.40. The summed E-state index contributed by atoms with van der Waals surface area (Å²) in [6, 6.07) is 0. The standard InChI is InChI=1S/C13H24N2/c1-12(2,3)7-11-8-14-15(9-11)10-13(4,5)6/h8-9H,7,10H2,1-6H3. The van der Waals surface area contributed by atoms with Crippen molar-refractivity contribution in [2.75, 3.05) is 0 Å². The lowest BCUT2D eigenvalue weighted by atomic mass is 9.89. The van der Waals surface area contributed by atoms with E-state index < -0.39 is 0 Å². The fourth-order valence-electron chi connectivity index (χ4n) is 1.68. The number of aromatic nitrogens is 2. The van der Waals surface area contributed by atoms with Crippen molar-refractivity contribution in [3.8, 4) is 0 Å². The summed E-state index contributed by atoms with van der Waals surface area (Å²) in [5.41, 5.74) is 1.98. The van der Waals surface area contributed by atoms with Crippen molar-refractivity contribution < 1.29 is 0 Å². The second-order valence-corrected chi connectivity index (χ2v) is 6.84. The molecule has 0 atom stereocenters. The molecule has 86 valence electrons. The van der Waals surface area contributed by atoms with Crippen LogP contribution in [0.5, 0.6) is 0 Å². The molecule has 0 aliphatic rings. The molecule has 1 heterocycles. The van der Waals surface area contributed by atoms with Gasteiger partial charge in [-0.05, 0) is 22.8 Å². The first kappa shape index (κ1) is 12.3. The number of nitrogens with zero attached hydrogens (tertiary/aromatic N) is 2. The molecule has 0 bridgehead atoms. The summed E-state index contributed by atoms with van der Waals surface area (Å²) < 4.78 is 2.06. The van der Waals surface area contributed by atoms with Crippen LogP contribution in [0.25, 0.3) is 0 Å². The lowest BCUT2D eigenvalue weighted by Gasteiger charge is -2.18. The Hall–Kier alpha value is -0.790. The summed E-state index contributed by atoms with van der Waals surface area (Å²) >= 11 is 0. The third-order valence-electron chi connectivity index (χ3n) is 2.06. The molecule has 1 aromatic heterocycles. The van der Waals surface area contributed by atoms with Gasteiger partial charge in [0, 0.05) is 12.7 Å². The van der Waals surface area contributed by atoms with Crippen molar-refractivity contribution in [3.05, 3.63) is 18.0 Å². The van der Waals surface area contributed by atoms with Crippen LogP contribution < -0.4 is 0 Å². The molecule has 0 saturated carbocycles. The molecule has 0 radical (unpaired) electrons. The van der Waals surface area contributed by atoms with Gasteiger partial charge in [-0.1, -0.05) is 41.5 Å². The van der Waals surface area contributed by atoms with Crippen molar-refractivity contribution in [3.63, 3.8) is 0 Å². The van der Waals surface area contributed by atoms with Gasteiger partial charge in [0.25, 0.3) is 0 Å². The van der Waals surface area contributed by atoms with E-state index in [-0.39, 0.29) is 0 Å². The molecular weight excluding hydrogens is 184 g/mol. The van der Waals surface area contributed by atoms with Crippen LogP contribution in [-0.2, 0) is 13.0 Å². The van der Waals surface area contributed by atoms with Crippen LogP contribution in [0.4, 0.5) is 0 Å². The van der Waals surface area contributed by atoms with Crippen LogP contribution in [0.3, 0.4) is 0 Å². The lowest BCUT2D eigenvalue weighted by molar-refractivity contribution is 0.325. The maximum atomic E-state index is 4.40. The summed E-state index contributed by atoms with van der Waals surface area (Å²) in [4.78, 5) is 0. The van der Waals surface area contributed by atoms with Gasteiger partial charge in [-0.2, -0.15) is 5.10 Å². The highest BCUT2D eigenvalue weighted by Gasteiger charge is 2.15. The largest absolute Gasteiger partial charge is 0.272 e. The van der Waals surface area contributed by atoms with Gasteiger partial charge >= 0.3 is 0 Å². The predicted octanol–water partition coefficient (Wildman–Crippen LogP) is 3.52. The third-order valence-corrected chi connectivity index (χ3v) is 2.06. The van der Waals surface area contributed by atoms with Crippen molar-refractivity contribution in [1.29, 1.82) is 0 Å². The molecule has 0 N–H and O–H groups in total. The molecule has 1 aromatic rings.